The van der Waals surface area contributed by atoms with E-state index in [0.717, 1.165) is 19.3 Å². The molecule has 0 amide bonds. The molecule has 0 saturated heterocycles. The summed E-state index contributed by atoms with van der Waals surface area (Å²) in [6.07, 6.45) is 3.09. The number of anilines is 1. The van der Waals surface area contributed by atoms with E-state index < -0.39 is 4.92 Å². The minimum atomic E-state index is -0.418. The van der Waals surface area contributed by atoms with Crippen LogP contribution >= 0.6 is 11.6 Å². The van der Waals surface area contributed by atoms with E-state index in [0.29, 0.717) is 17.3 Å². The molecule has 0 aliphatic heterocycles. The number of methoxy groups -OCH3 is 1. The number of nitro benzene ring substituents is 1. The fraction of sp³-hybridized carbons (Fsp3) is 0.500. The molecule has 1 N–H and O–H groups in total. The molecule has 0 spiro atoms. The molecule has 1 fully saturated rings. The van der Waals surface area contributed by atoms with Gasteiger partial charge in [0.2, 0.25) is 0 Å². The van der Waals surface area contributed by atoms with Gasteiger partial charge in [0, 0.05) is 24.7 Å². The molecule has 1 aromatic rings. The lowest BCUT2D eigenvalue weighted by Crippen LogP contribution is -2.45. The van der Waals surface area contributed by atoms with Crippen LogP contribution in [-0.2, 0) is 4.74 Å². The highest BCUT2D eigenvalue weighted by atomic mass is 35.5. The molecule has 18 heavy (non-hydrogen) atoms. The highest BCUT2D eigenvalue weighted by Gasteiger charge is 2.37. The third-order valence-electron chi connectivity index (χ3n) is 3.45. The van der Waals surface area contributed by atoms with E-state index in [-0.39, 0.29) is 11.3 Å². The second-order valence-electron chi connectivity index (χ2n) is 4.51. The van der Waals surface area contributed by atoms with Gasteiger partial charge in [0.1, 0.15) is 5.69 Å². The van der Waals surface area contributed by atoms with E-state index in [1.165, 1.54) is 12.1 Å². The average molecular weight is 271 g/mol. The molecule has 2 rings (SSSR count). The number of nitrogens with zero attached hydrogens (tertiary/aromatic N) is 1. The topological polar surface area (TPSA) is 64.4 Å². The highest BCUT2D eigenvalue weighted by molar-refractivity contribution is 6.31. The number of nitrogens with one attached hydrogen (secondary N) is 1. The van der Waals surface area contributed by atoms with Gasteiger partial charge in [-0.25, -0.2) is 0 Å². The molecule has 1 aliphatic carbocycles. The molecule has 1 aromatic carbocycles. The third-order valence-corrected chi connectivity index (χ3v) is 3.69. The Bertz CT molecular complexity index is 455. The normalized spacial score (nSPS) is 17.0. The fourth-order valence-corrected chi connectivity index (χ4v) is 2.26. The minimum absolute atomic E-state index is 0.0324. The van der Waals surface area contributed by atoms with Crippen LogP contribution in [0.1, 0.15) is 19.3 Å². The Morgan fingerprint density at radius 2 is 2.28 bits per heavy atom. The maximum absolute atomic E-state index is 10.9. The van der Waals surface area contributed by atoms with Crippen molar-refractivity contribution < 1.29 is 9.66 Å². The van der Waals surface area contributed by atoms with Gasteiger partial charge < -0.3 is 10.1 Å². The number of benzene rings is 1. The Hall–Kier alpha value is -1.33. The van der Waals surface area contributed by atoms with Gasteiger partial charge in [-0.3, -0.25) is 10.1 Å². The van der Waals surface area contributed by atoms with Gasteiger partial charge >= 0.3 is 0 Å². The zero-order valence-electron chi connectivity index (χ0n) is 10.1. The molecular formula is C12H15ClN2O3. The van der Waals surface area contributed by atoms with Crippen molar-refractivity contribution in [1.82, 2.24) is 0 Å². The van der Waals surface area contributed by atoms with Crippen LogP contribution in [0.4, 0.5) is 11.4 Å². The lowest BCUT2D eigenvalue weighted by Gasteiger charge is -2.40. The first-order valence-electron chi connectivity index (χ1n) is 5.79. The van der Waals surface area contributed by atoms with Crippen LogP contribution in [0, 0.1) is 10.1 Å². The monoisotopic (exact) mass is 270 g/mol. The summed E-state index contributed by atoms with van der Waals surface area (Å²) < 4.78 is 5.46. The van der Waals surface area contributed by atoms with E-state index in [1.54, 1.807) is 13.2 Å². The zero-order valence-corrected chi connectivity index (χ0v) is 10.9. The molecule has 0 heterocycles. The van der Waals surface area contributed by atoms with Gasteiger partial charge in [0.25, 0.3) is 5.69 Å². The van der Waals surface area contributed by atoms with Gasteiger partial charge in [-0.15, -0.1) is 0 Å². The number of halogens is 1. The maximum Gasteiger partial charge on any atom is 0.292 e. The first-order valence-corrected chi connectivity index (χ1v) is 6.17. The first kappa shape index (κ1) is 13.1. The predicted molar refractivity (Wildman–Crippen MR) is 70.2 cm³/mol. The molecule has 0 radical (unpaired) electrons. The largest absolute Gasteiger partial charge is 0.377 e. The van der Waals surface area contributed by atoms with Crippen LogP contribution in [0.15, 0.2) is 18.2 Å². The summed E-state index contributed by atoms with van der Waals surface area (Å²) in [6, 6.07) is 4.49. The van der Waals surface area contributed by atoms with Crippen LogP contribution in [0.25, 0.3) is 0 Å². The molecule has 5 nitrogen and oxygen atoms in total. The molecule has 6 heteroatoms. The SMILES string of the molecule is COC1(CNc2cc(Cl)ccc2[N+](=O)[O-])CCC1. The van der Waals surface area contributed by atoms with Crippen molar-refractivity contribution in [3.63, 3.8) is 0 Å². The smallest absolute Gasteiger partial charge is 0.292 e. The Morgan fingerprint density at radius 3 is 2.78 bits per heavy atom. The lowest BCUT2D eigenvalue weighted by atomic mass is 9.80. The van der Waals surface area contributed by atoms with Crippen LogP contribution in [0.2, 0.25) is 5.02 Å². The van der Waals surface area contributed by atoms with Crippen molar-refractivity contribution in [3.8, 4) is 0 Å². The number of hydrogen-bond acceptors (Lipinski definition) is 4. The predicted octanol–water partition coefficient (Wildman–Crippen LogP) is 3.23. The molecule has 0 aromatic heterocycles. The van der Waals surface area contributed by atoms with Crippen molar-refractivity contribution in [2.24, 2.45) is 0 Å². The van der Waals surface area contributed by atoms with Crippen LogP contribution in [0.3, 0.4) is 0 Å². The summed E-state index contributed by atoms with van der Waals surface area (Å²) in [4.78, 5) is 10.5. The minimum Gasteiger partial charge on any atom is -0.377 e. The number of rotatable bonds is 5. The van der Waals surface area contributed by atoms with E-state index in [9.17, 15) is 10.1 Å². The van der Waals surface area contributed by atoms with Gasteiger partial charge in [-0.2, -0.15) is 0 Å². The molecule has 98 valence electrons. The van der Waals surface area contributed by atoms with Crippen molar-refractivity contribution in [3.05, 3.63) is 33.3 Å². The summed E-state index contributed by atoms with van der Waals surface area (Å²) in [5.41, 5.74) is 0.289. The number of hydrogen-bond donors (Lipinski definition) is 1. The van der Waals surface area contributed by atoms with Crippen molar-refractivity contribution in [1.29, 1.82) is 0 Å². The molecule has 1 aliphatic rings. The first-order chi connectivity index (χ1) is 8.56. The van der Waals surface area contributed by atoms with E-state index in [1.807, 2.05) is 0 Å². The Balaban J connectivity index is 2.12. The van der Waals surface area contributed by atoms with Crippen molar-refractivity contribution in [2.45, 2.75) is 24.9 Å². The van der Waals surface area contributed by atoms with Gasteiger partial charge in [0.15, 0.2) is 0 Å². The molecule has 0 bridgehead atoms. The van der Waals surface area contributed by atoms with E-state index in [2.05, 4.69) is 5.32 Å². The Morgan fingerprint density at radius 1 is 1.56 bits per heavy atom. The molecule has 1 saturated carbocycles. The van der Waals surface area contributed by atoms with Gasteiger partial charge in [-0.1, -0.05) is 11.6 Å². The standard InChI is InChI=1S/C12H15ClN2O3/c1-18-12(5-2-6-12)8-14-10-7-9(13)3-4-11(10)15(16)17/h3-4,7,14H,2,5-6,8H2,1H3. The Kier molecular flexibility index (Phi) is 3.73. The summed E-state index contributed by atoms with van der Waals surface area (Å²) in [5.74, 6) is 0. The molecule has 0 unspecified atom stereocenters. The van der Waals surface area contributed by atoms with Crippen LogP contribution in [-0.4, -0.2) is 24.2 Å². The Labute approximate surface area is 110 Å². The summed E-state index contributed by atoms with van der Waals surface area (Å²) in [5, 5.41) is 14.5. The zero-order chi connectivity index (χ0) is 13.2. The van der Waals surface area contributed by atoms with Crippen LogP contribution < -0.4 is 5.32 Å². The number of ether oxygens (including phenoxy) is 1. The van der Waals surface area contributed by atoms with Crippen molar-refractivity contribution in [2.75, 3.05) is 19.0 Å². The van der Waals surface area contributed by atoms with E-state index >= 15 is 0 Å². The fourth-order valence-electron chi connectivity index (χ4n) is 2.09. The number of nitro groups is 1. The second-order valence-corrected chi connectivity index (χ2v) is 4.95. The quantitative estimate of drug-likeness (QED) is 0.659. The highest BCUT2D eigenvalue weighted by Crippen LogP contribution is 2.36. The van der Waals surface area contributed by atoms with Gasteiger partial charge in [0.05, 0.1) is 10.5 Å². The lowest BCUT2D eigenvalue weighted by molar-refractivity contribution is -0.384. The summed E-state index contributed by atoms with van der Waals surface area (Å²) in [6.45, 7) is 0.560. The third kappa shape index (κ3) is 2.57. The summed E-state index contributed by atoms with van der Waals surface area (Å²) >= 11 is 5.86. The second kappa shape index (κ2) is 5.12. The molecular weight excluding hydrogens is 256 g/mol. The van der Waals surface area contributed by atoms with Gasteiger partial charge in [-0.05, 0) is 31.4 Å². The van der Waals surface area contributed by atoms with Crippen molar-refractivity contribution >= 4 is 23.0 Å². The molecule has 0 atom stereocenters. The van der Waals surface area contributed by atoms with Crippen LogP contribution in [0.5, 0.6) is 0 Å². The summed E-state index contributed by atoms with van der Waals surface area (Å²) in [7, 11) is 1.67. The van der Waals surface area contributed by atoms with E-state index in [4.69, 9.17) is 16.3 Å². The average Bonchev–Trinajstić information content (AvgIpc) is 2.28. The maximum atomic E-state index is 10.9.